The molecular weight excluding hydrogens is 426 g/mol. The van der Waals surface area contributed by atoms with Crippen molar-refractivity contribution in [1.82, 2.24) is 10.2 Å². The molecule has 9 heteroatoms. The number of aliphatic hydroxyl groups is 1. The van der Waals surface area contributed by atoms with Crippen LogP contribution in [0.25, 0.3) is 5.76 Å². The van der Waals surface area contributed by atoms with Crippen LogP contribution in [-0.4, -0.2) is 34.1 Å². The number of hydrogen-bond acceptors (Lipinski definition) is 7. The van der Waals surface area contributed by atoms with Crippen molar-refractivity contribution in [1.29, 1.82) is 0 Å². The second kappa shape index (κ2) is 7.89. The van der Waals surface area contributed by atoms with Gasteiger partial charge in [0.1, 0.15) is 16.5 Å². The third-order valence-electron chi connectivity index (χ3n) is 4.70. The van der Waals surface area contributed by atoms with Crippen LogP contribution >= 0.6 is 22.9 Å². The highest BCUT2D eigenvalue weighted by Crippen LogP contribution is 2.44. The van der Waals surface area contributed by atoms with E-state index in [-0.39, 0.29) is 22.0 Å². The molecule has 1 atom stereocenters. The first-order valence-corrected chi connectivity index (χ1v) is 10.1. The van der Waals surface area contributed by atoms with Gasteiger partial charge in [0.05, 0.1) is 24.3 Å². The summed E-state index contributed by atoms with van der Waals surface area (Å²) in [6, 6.07) is 12.8. The molecule has 4 rings (SSSR count). The summed E-state index contributed by atoms with van der Waals surface area (Å²) < 4.78 is 5.32. The number of halogens is 1. The molecule has 0 radical (unpaired) electrons. The van der Waals surface area contributed by atoms with Gasteiger partial charge in [0.2, 0.25) is 5.13 Å². The van der Waals surface area contributed by atoms with Gasteiger partial charge in [-0.2, -0.15) is 0 Å². The van der Waals surface area contributed by atoms with E-state index in [9.17, 15) is 14.7 Å². The number of benzene rings is 2. The largest absolute Gasteiger partial charge is 0.507 e. The van der Waals surface area contributed by atoms with E-state index in [0.717, 1.165) is 0 Å². The summed E-state index contributed by atoms with van der Waals surface area (Å²) in [5.41, 5.74) is 0.795. The number of nitrogens with zero attached hydrogens (tertiary/aromatic N) is 3. The predicted octanol–water partition coefficient (Wildman–Crippen LogP) is 4.13. The van der Waals surface area contributed by atoms with Crippen LogP contribution in [0.3, 0.4) is 0 Å². The lowest BCUT2D eigenvalue weighted by Crippen LogP contribution is -2.29. The van der Waals surface area contributed by atoms with Gasteiger partial charge in [-0.15, -0.1) is 10.2 Å². The molecule has 152 valence electrons. The van der Waals surface area contributed by atoms with Gasteiger partial charge in [0, 0.05) is 5.02 Å². The molecule has 7 nitrogen and oxygen atoms in total. The molecule has 0 saturated carbocycles. The standard InChI is InChI=1S/C21H16ClN3O4S/c1-11-23-24-21(30-11)25-17(12-6-4-3-5-7-12)16(19(27)20(25)28)18(26)14-10-13(22)8-9-15(14)29-2/h3-10,17,26H,1-2H3/b18-16+/t17-/m0/s1. The van der Waals surface area contributed by atoms with Crippen LogP contribution in [0.2, 0.25) is 5.02 Å². The number of carbonyl (C=O) groups is 2. The Labute approximate surface area is 181 Å². The minimum Gasteiger partial charge on any atom is -0.507 e. The number of methoxy groups -OCH3 is 1. The highest BCUT2D eigenvalue weighted by Gasteiger charge is 2.48. The van der Waals surface area contributed by atoms with E-state index in [1.54, 1.807) is 43.3 Å². The second-order valence-corrected chi connectivity index (χ2v) is 8.12. The van der Waals surface area contributed by atoms with Gasteiger partial charge in [-0.3, -0.25) is 14.5 Å². The maximum absolute atomic E-state index is 13.1. The Morgan fingerprint density at radius 2 is 1.90 bits per heavy atom. The maximum Gasteiger partial charge on any atom is 0.301 e. The first-order chi connectivity index (χ1) is 14.4. The molecule has 1 fully saturated rings. The third-order valence-corrected chi connectivity index (χ3v) is 5.77. The van der Waals surface area contributed by atoms with E-state index in [1.807, 2.05) is 6.07 Å². The summed E-state index contributed by atoms with van der Waals surface area (Å²) in [4.78, 5) is 27.3. The number of hydrogen-bond donors (Lipinski definition) is 1. The number of Topliss-reactive ketones (excluding diaryl/α,β-unsaturated/α-hetero) is 1. The fourth-order valence-electron chi connectivity index (χ4n) is 3.37. The molecule has 1 aromatic heterocycles. The SMILES string of the molecule is COc1ccc(Cl)cc1/C(O)=C1\C(=O)C(=O)N(c2nnc(C)s2)[C@H]1c1ccccc1. The minimum absolute atomic E-state index is 0.0698. The Balaban J connectivity index is 1.98. The van der Waals surface area contributed by atoms with Crippen LogP contribution in [0, 0.1) is 6.92 Å². The molecule has 1 N–H and O–H groups in total. The second-order valence-electron chi connectivity index (χ2n) is 6.53. The normalized spacial score (nSPS) is 18.1. The molecule has 1 saturated heterocycles. The highest BCUT2D eigenvalue weighted by molar-refractivity contribution is 7.15. The van der Waals surface area contributed by atoms with Gasteiger partial charge in [-0.05, 0) is 30.7 Å². The van der Waals surface area contributed by atoms with E-state index in [4.69, 9.17) is 16.3 Å². The lowest BCUT2D eigenvalue weighted by atomic mass is 9.95. The van der Waals surface area contributed by atoms with Gasteiger partial charge in [-0.1, -0.05) is 53.3 Å². The van der Waals surface area contributed by atoms with E-state index < -0.39 is 17.7 Å². The van der Waals surface area contributed by atoms with Crippen LogP contribution in [0.15, 0.2) is 54.1 Å². The molecule has 2 aromatic carbocycles. The number of aryl methyl sites for hydroxylation is 1. The van der Waals surface area contributed by atoms with E-state index in [0.29, 0.717) is 21.3 Å². The van der Waals surface area contributed by atoms with Crippen molar-refractivity contribution in [3.8, 4) is 5.75 Å². The van der Waals surface area contributed by atoms with Gasteiger partial charge < -0.3 is 9.84 Å². The monoisotopic (exact) mass is 441 g/mol. The number of aromatic nitrogens is 2. The Hall–Kier alpha value is -3.23. The van der Waals surface area contributed by atoms with Crippen molar-refractivity contribution < 1.29 is 19.4 Å². The smallest absolute Gasteiger partial charge is 0.301 e. The minimum atomic E-state index is -0.873. The molecule has 0 aliphatic carbocycles. The fraction of sp³-hybridized carbons (Fsp3) is 0.143. The lowest BCUT2D eigenvalue weighted by Gasteiger charge is -2.22. The summed E-state index contributed by atoms with van der Waals surface area (Å²) in [5, 5.41) is 20.4. The summed E-state index contributed by atoms with van der Waals surface area (Å²) >= 11 is 7.29. The molecule has 0 bridgehead atoms. The average Bonchev–Trinajstić information content (AvgIpc) is 3.29. The Kier molecular flexibility index (Phi) is 5.27. The fourth-order valence-corrected chi connectivity index (χ4v) is 4.26. The first kappa shape index (κ1) is 20.1. The van der Waals surface area contributed by atoms with Gasteiger partial charge in [0.15, 0.2) is 0 Å². The summed E-state index contributed by atoms with van der Waals surface area (Å²) in [6.07, 6.45) is 0. The summed E-state index contributed by atoms with van der Waals surface area (Å²) in [6.45, 7) is 1.76. The molecule has 1 aliphatic heterocycles. The number of aliphatic hydroxyl groups excluding tert-OH is 1. The molecule has 0 unspecified atom stereocenters. The van der Waals surface area contributed by atoms with E-state index in [1.165, 1.54) is 29.4 Å². The number of rotatable bonds is 4. The third kappa shape index (κ3) is 3.34. The maximum atomic E-state index is 13.1. The zero-order valence-corrected chi connectivity index (χ0v) is 17.6. The predicted molar refractivity (Wildman–Crippen MR) is 114 cm³/mol. The molecule has 30 heavy (non-hydrogen) atoms. The zero-order valence-electron chi connectivity index (χ0n) is 16.0. The van der Waals surface area contributed by atoms with Crippen LogP contribution in [0.1, 0.15) is 22.2 Å². The first-order valence-electron chi connectivity index (χ1n) is 8.92. The topological polar surface area (TPSA) is 92.6 Å². The molecule has 1 aliphatic rings. The molecule has 1 amide bonds. The number of anilines is 1. The van der Waals surface area contributed by atoms with Crippen LogP contribution in [0.5, 0.6) is 5.75 Å². The number of carbonyl (C=O) groups excluding carboxylic acids is 2. The molecular formula is C21H16ClN3O4S. The summed E-state index contributed by atoms with van der Waals surface area (Å²) in [7, 11) is 1.44. The Morgan fingerprint density at radius 1 is 1.17 bits per heavy atom. The number of ether oxygens (including phenoxy) is 1. The van der Waals surface area contributed by atoms with Crippen molar-refractivity contribution >= 4 is 45.5 Å². The Morgan fingerprint density at radius 3 is 2.53 bits per heavy atom. The van der Waals surface area contributed by atoms with Crippen molar-refractivity contribution in [3.63, 3.8) is 0 Å². The number of ketones is 1. The zero-order chi connectivity index (χ0) is 21.4. The molecule has 0 spiro atoms. The molecule has 2 heterocycles. The van der Waals surface area contributed by atoms with Crippen molar-refractivity contribution in [3.05, 3.63) is 75.3 Å². The van der Waals surface area contributed by atoms with Crippen LogP contribution < -0.4 is 9.64 Å². The van der Waals surface area contributed by atoms with Crippen molar-refractivity contribution in [2.45, 2.75) is 13.0 Å². The number of amides is 1. The van der Waals surface area contributed by atoms with Crippen LogP contribution in [0.4, 0.5) is 5.13 Å². The Bertz CT molecular complexity index is 1180. The van der Waals surface area contributed by atoms with Gasteiger partial charge in [0.25, 0.3) is 5.78 Å². The van der Waals surface area contributed by atoms with E-state index in [2.05, 4.69) is 10.2 Å². The van der Waals surface area contributed by atoms with Crippen LogP contribution in [-0.2, 0) is 9.59 Å². The lowest BCUT2D eigenvalue weighted by molar-refractivity contribution is -0.132. The summed E-state index contributed by atoms with van der Waals surface area (Å²) in [5.74, 6) is -1.66. The van der Waals surface area contributed by atoms with Gasteiger partial charge >= 0.3 is 5.91 Å². The molecule has 3 aromatic rings. The van der Waals surface area contributed by atoms with Crippen molar-refractivity contribution in [2.75, 3.05) is 12.0 Å². The average molecular weight is 442 g/mol. The quantitative estimate of drug-likeness (QED) is 0.371. The van der Waals surface area contributed by atoms with E-state index >= 15 is 0 Å². The van der Waals surface area contributed by atoms with Gasteiger partial charge in [-0.25, -0.2) is 0 Å². The highest BCUT2D eigenvalue weighted by atomic mass is 35.5. The van der Waals surface area contributed by atoms with Crippen molar-refractivity contribution in [2.24, 2.45) is 0 Å².